The highest BCUT2D eigenvalue weighted by molar-refractivity contribution is 7.10. The molecular weight excluding hydrogens is 317 g/mol. The summed E-state index contributed by atoms with van der Waals surface area (Å²) in [4.78, 5) is 29.5. The predicted molar refractivity (Wildman–Crippen MR) is 86.8 cm³/mol. The van der Waals surface area contributed by atoms with E-state index >= 15 is 0 Å². The summed E-state index contributed by atoms with van der Waals surface area (Å²) < 4.78 is 14.4. The number of thiophene rings is 1. The maximum Gasteiger partial charge on any atom is 0.261 e. The van der Waals surface area contributed by atoms with Gasteiger partial charge in [0.2, 0.25) is 5.91 Å². The molecule has 0 aliphatic rings. The molecule has 0 saturated carbocycles. The van der Waals surface area contributed by atoms with Crippen molar-refractivity contribution < 1.29 is 9.18 Å². The van der Waals surface area contributed by atoms with Gasteiger partial charge in [0, 0.05) is 10.9 Å². The average Bonchev–Trinajstić information content (AvgIpc) is 3.04. The van der Waals surface area contributed by atoms with Crippen LogP contribution in [0.4, 0.5) is 4.39 Å². The van der Waals surface area contributed by atoms with Crippen LogP contribution in [0.1, 0.15) is 17.8 Å². The second-order valence-electron chi connectivity index (χ2n) is 5.14. The molecule has 0 spiro atoms. The summed E-state index contributed by atoms with van der Waals surface area (Å²) in [6.07, 6.45) is 1.26. The third-order valence-electron chi connectivity index (χ3n) is 3.45. The van der Waals surface area contributed by atoms with E-state index in [1.54, 1.807) is 11.3 Å². The zero-order chi connectivity index (χ0) is 16.4. The number of halogens is 1. The standard InChI is InChI=1S/C16H14FN3O2S/c1-10(14-3-2-6-23-14)19-15(21)8-20-9-18-13-7-11(17)4-5-12(13)16(20)22/h2-7,9-10H,8H2,1H3,(H,19,21)/t10-/m1/s1. The van der Waals surface area contributed by atoms with Crippen LogP contribution in [-0.4, -0.2) is 15.5 Å². The van der Waals surface area contributed by atoms with Crippen LogP contribution in [0.5, 0.6) is 0 Å². The van der Waals surface area contributed by atoms with Gasteiger partial charge < -0.3 is 5.32 Å². The maximum atomic E-state index is 13.1. The molecule has 2 aromatic heterocycles. The SMILES string of the molecule is C[C@@H](NC(=O)Cn1cnc2cc(F)ccc2c1=O)c1cccs1. The van der Waals surface area contributed by atoms with Crippen LogP contribution in [0.25, 0.3) is 10.9 Å². The minimum Gasteiger partial charge on any atom is -0.347 e. The predicted octanol–water partition coefficient (Wildman–Crippen LogP) is 2.47. The van der Waals surface area contributed by atoms with Crippen molar-refractivity contribution >= 4 is 28.1 Å². The lowest BCUT2D eigenvalue weighted by Gasteiger charge is -2.13. The molecule has 0 saturated heterocycles. The van der Waals surface area contributed by atoms with E-state index in [0.29, 0.717) is 0 Å². The summed E-state index contributed by atoms with van der Waals surface area (Å²) in [6.45, 7) is 1.75. The van der Waals surface area contributed by atoms with Gasteiger partial charge in [-0.15, -0.1) is 11.3 Å². The van der Waals surface area contributed by atoms with Crippen LogP contribution in [-0.2, 0) is 11.3 Å². The summed E-state index contributed by atoms with van der Waals surface area (Å²) >= 11 is 1.55. The Kier molecular flexibility index (Phi) is 4.20. The number of hydrogen-bond donors (Lipinski definition) is 1. The number of rotatable bonds is 4. The monoisotopic (exact) mass is 331 g/mol. The first kappa shape index (κ1) is 15.4. The lowest BCUT2D eigenvalue weighted by molar-refractivity contribution is -0.122. The van der Waals surface area contributed by atoms with Gasteiger partial charge in [0.1, 0.15) is 12.4 Å². The number of amides is 1. The summed E-state index contributed by atoms with van der Waals surface area (Å²) in [5.74, 6) is -0.735. The molecule has 1 amide bonds. The molecular formula is C16H14FN3O2S. The van der Waals surface area contributed by atoms with Crippen molar-refractivity contribution in [1.82, 2.24) is 14.9 Å². The first-order valence-electron chi connectivity index (χ1n) is 7.02. The molecule has 23 heavy (non-hydrogen) atoms. The van der Waals surface area contributed by atoms with E-state index in [4.69, 9.17) is 0 Å². The number of nitrogens with zero attached hydrogens (tertiary/aromatic N) is 2. The van der Waals surface area contributed by atoms with Crippen LogP contribution in [0.15, 0.2) is 46.8 Å². The summed E-state index contributed by atoms with van der Waals surface area (Å²) in [6, 6.07) is 7.51. The topological polar surface area (TPSA) is 64.0 Å². The lowest BCUT2D eigenvalue weighted by Crippen LogP contribution is -2.33. The zero-order valence-corrected chi connectivity index (χ0v) is 13.1. The van der Waals surface area contributed by atoms with Crippen molar-refractivity contribution in [2.75, 3.05) is 0 Å². The quantitative estimate of drug-likeness (QED) is 0.799. The zero-order valence-electron chi connectivity index (χ0n) is 12.3. The molecule has 118 valence electrons. The fourth-order valence-electron chi connectivity index (χ4n) is 2.29. The van der Waals surface area contributed by atoms with E-state index in [2.05, 4.69) is 10.3 Å². The Labute approximate surface area is 135 Å². The van der Waals surface area contributed by atoms with Crippen molar-refractivity contribution in [3.8, 4) is 0 Å². The number of carbonyl (C=O) groups excluding carboxylic acids is 1. The normalized spacial score (nSPS) is 12.3. The molecule has 2 heterocycles. The fraction of sp³-hybridized carbons (Fsp3) is 0.188. The van der Waals surface area contributed by atoms with E-state index in [9.17, 15) is 14.0 Å². The van der Waals surface area contributed by atoms with E-state index in [1.807, 2.05) is 24.4 Å². The number of hydrogen-bond acceptors (Lipinski definition) is 4. The second-order valence-corrected chi connectivity index (χ2v) is 6.12. The van der Waals surface area contributed by atoms with Crippen molar-refractivity contribution in [2.45, 2.75) is 19.5 Å². The van der Waals surface area contributed by atoms with Crippen LogP contribution in [0.3, 0.4) is 0 Å². The average molecular weight is 331 g/mol. The maximum absolute atomic E-state index is 13.1. The van der Waals surface area contributed by atoms with Crippen molar-refractivity contribution in [3.63, 3.8) is 0 Å². The van der Waals surface area contributed by atoms with Crippen LogP contribution < -0.4 is 10.9 Å². The van der Waals surface area contributed by atoms with Gasteiger partial charge in [-0.2, -0.15) is 0 Å². The molecule has 7 heteroatoms. The molecule has 0 unspecified atom stereocenters. The first-order chi connectivity index (χ1) is 11.0. The van der Waals surface area contributed by atoms with Crippen molar-refractivity contribution in [3.05, 3.63) is 63.1 Å². The fourth-order valence-corrected chi connectivity index (χ4v) is 3.03. The number of benzene rings is 1. The molecule has 5 nitrogen and oxygen atoms in total. The van der Waals surface area contributed by atoms with E-state index < -0.39 is 5.82 Å². The van der Waals surface area contributed by atoms with Crippen molar-refractivity contribution in [2.24, 2.45) is 0 Å². The smallest absolute Gasteiger partial charge is 0.261 e. The van der Waals surface area contributed by atoms with Gasteiger partial charge in [0.25, 0.3) is 5.56 Å². The molecule has 0 aliphatic heterocycles. The van der Waals surface area contributed by atoms with Gasteiger partial charge in [-0.05, 0) is 30.5 Å². The van der Waals surface area contributed by atoms with E-state index in [1.165, 1.54) is 29.1 Å². The number of carbonyl (C=O) groups is 1. The molecule has 1 N–H and O–H groups in total. The number of fused-ring (bicyclic) bond motifs is 1. The van der Waals surface area contributed by atoms with Gasteiger partial charge in [0.15, 0.2) is 0 Å². The Morgan fingerprint density at radius 2 is 2.26 bits per heavy atom. The number of aromatic nitrogens is 2. The Balaban J connectivity index is 1.78. The highest BCUT2D eigenvalue weighted by Gasteiger charge is 2.12. The first-order valence-corrected chi connectivity index (χ1v) is 7.90. The van der Waals surface area contributed by atoms with Gasteiger partial charge >= 0.3 is 0 Å². The minimum absolute atomic E-state index is 0.124. The van der Waals surface area contributed by atoms with Crippen molar-refractivity contribution in [1.29, 1.82) is 0 Å². The second kappa shape index (κ2) is 6.29. The summed E-state index contributed by atoms with van der Waals surface area (Å²) in [5, 5.41) is 5.06. The Hall–Kier alpha value is -2.54. The third kappa shape index (κ3) is 3.29. The highest BCUT2D eigenvalue weighted by atomic mass is 32.1. The van der Waals surface area contributed by atoms with E-state index in [0.717, 1.165) is 4.88 Å². The molecule has 1 aromatic carbocycles. The van der Waals surface area contributed by atoms with E-state index in [-0.39, 0.29) is 35.0 Å². The van der Waals surface area contributed by atoms with Gasteiger partial charge in [-0.3, -0.25) is 14.2 Å². The lowest BCUT2D eigenvalue weighted by atomic mass is 10.2. The Morgan fingerprint density at radius 1 is 1.43 bits per heavy atom. The Morgan fingerprint density at radius 3 is 3.00 bits per heavy atom. The molecule has 0 bridgehead atoms. The highest BCUT2D eigenvalue weighted by Crippen LogP contribution is 2.17. The third-order valence-corrected chi connectivity index (χ3v) is 4.50. The molecule has 3 rings (SSSR count). The number of nitrogens with one attached hydrogen (secondary N) is 1. The Bertz CT molecular complexity index is 905. The molecule has 1 atom stereocenters. The van der Waals surface area contributed by atoms with Crippen LogP contribution >= 0.6 is 11.3 Å². The van der Waals surface area contributed by atoms with Gasteiger partial charge in [0.05, 0.1) is 23.3 Å². The summed E-state index contributed by atoms with van der Waals surface area (Å²) in [7, 11) is 0. The summed E-state index contributed by atoms with van der Waals surface area (Å²) in [5.41, 5.74) is -0.0902. The van der Waals surface area contributed by atoms with Crippen LogP contribution in [0, 0.1) is 5.82 Å². The van der Waals surface area contributed by atoms with Crippen LogP contribution in [0.2, 0.25) is 0 Å². The molecule has 0 fully saturated rings. The molecule has 3 aromatic rings. The van der Waals surface area contributed by atoms with Gasteiger partial charge in [-0.25, -0.2) is 9.37 Å². The largest absolute Gasteiger partial charge is 0.347 e. The molecule has 0 aliphatic carbocycles. The van der Waals surface area contributed by atoms with Gasteiger partial charge in [-0.1, -0.05) is 6.07 Å². The minimum atomic E-state index is -0.454. The molecule has 0 radical (unpaired) electrons.